The van der Waals surface area contributed by atoms with Gasteiger partial charge in [0.15, 0.2) is 0 Å². The summed E-state index contributed by atoms with van der Waals surface area (Å²) in [5.74, 6) is 5.52. The molecular formula is C20H25ClFN3O3. The van der Waals surface area contributed by atoms with Crippen LogP contribution in [0.5, 0.6) is 0 Å². The lowest BCUT2D eigenvalue weighted by atomic mass is 9.87. The van der Waals surface area contributed by atoms with Gasteiger partial charge >= 0.3 is 6.09 Å². The van der Waals surface area contributed by atoms with Crippen molar-refractivity contribution in [2.24, 2.45) is 5.92 Å². The lowest BCUT2D eigenvalue weighted by molar-refractivity contribution is -0.109. The average Bonchev–Trinajstić information content (AvgIpc) is 2.67. The predicted molar refractivity (Wildman–Crippen MR) is 105 cm³/mol. The van der Waals surface area contributed by atoms with Gasteiger partial charge in [0.1, 0.15) is 12.1 Å². The Labute approximate surface area is 169 Å². The van der Waals surface area contributed by atoms with Gasteiger partial charge in [0, 0.05) is 31.5 Å². The Morgan fingerprint density at radius 2 is 2.21 bits per heavy atom. The fourth-order valence-electron chi connectivity index (χ4n) is 3.53. The summed E-state index contributed by atoms with van der Waals surface area (Å²) < 4.78 is 13.7. The first-order valence-corrected chi connectivity index (χ1v) is 9.63. The molecule has 1 unspecified atom stereocenters. The van der Waals surface area contributed by atoms with Crippen molar-refractivity contribution < 1.29 is 19.1 Å². The van der Waals surface area contributed by atoms with E-state index in [9.17, 15) is 19.1 Å². The number of hydrogen-bond acceptors (Lipinski definition) is 4. The number of hydrogen-bond donors (Lipinski definition) is 2. The molecule has 2 rings (SSSR count). The van der Waals surface area contributed by atoms with E-state index in [4.69, 9.17) is 11.6 Å². The lowest BCUT2D eigenvalue weighted by Gasteiger charge is -2.39. The molecule has 1 aliphatic heterocycles. The number of rotatable bonds is 7. The zero-order valence-electron chi connectivity index (χ0n) is 15.8. The Balaban J connectivity index is 1.84. The first kappa shape index (κ1) is 22.2. The first-order chi connectivity index (χ1) is 13.5. The lowest BCUT2D eigenvalue weighted by Crippen LogP contribution is -2.52. The van der Waals surface area contributed by atoms with Gasteiger partial charge in [0.2, 0.25) is 0 Å². The number of nitrogens with one attached hydrogen (secondary N) is 1. The van der Waals surface area contributed by atoms with Crippen LogP contribution >= 0.6 is 11.6 Å². The molecule has 0 aliphatic carbocycles. The molecule has 1 aliphatic rings. The summed E-state index contributed by atoms with van der Waals surface area (Å²) in [7, 11) is 1.54. The van der Waals surface area contributed by atoms with Crippen LogP contribution in [-0.4, -0.2) is 60.1 Å². The van der Waals surface area contributed by atoms with Gasteiger partial charge in [-0.05, 0) is 50.0 Å². The number of carbonyl (C=O) groups excluding carboxylic acids is 1. The van der Waals surface area contributed by atoms with Crippen molar-refractivity contribution in [3.8, 4) is 11.8 Å². The molecule has 0 bridgehead atoms. The number of aldehydes is 1. The number of likely N-dealkylation sites (tertiary alicyclic amines) is 1. The number of amides is 1. The van der Waals surface area contributed by atoms with Crippen LogP contribution in [0.25, 0.3) is 0 Å². The monoisotopic (exact) mass is 409 g/mol. The smallest absolute Gasteiger partial charge is 0.422 e. The number of benzene rings is 1. The largest absolute Gasteiger partial charge is 0.464 e. The van der Waals surface area contributed by atoms with Crippen LogP contribution in [-0.2, 0) is 4.79 Å². The molecule has 8 heteroatoms. The third-order valence-electron chi connectivity index (χ3n) is 5.00. The van der Waals surface area contributed by atoms with E-state index in [2.05, 4.69) is 22.2 Å². The quantitative estimate of drug-likeness (QED) is 0.411. The SMILES string of the molecule is CNN(C(=O)O)C(CC=O)C1CCN(CCC#Cc2ccc(Cl)cc2F)CC1. The minimum Gasteiger partial charge on any atom is -0.464 e. The molecular weight excluding hydrogens is 385 g/mol. The second kappa shape index (κ2) is 11.0. The normalized spacial score (nSPS) is 16.1. The van der Waals surface area contributed by atoms with Crippen molar-refractivity contribution in [2.45, 2.75) is 31.7 Å². The maximum Gasteiger partial charge on any atom is 0.422 e. The highest BCUT2D eigenvalue weighted by atomic mass is 35.5. The molecule has 0 aromatic heterocycles. The van der Waals surface area contributed by atoms with Crippen molar-refractivity contribution in [2.75, 3.05) is 26.7 Å². The number of carbonyl (C=O) groups is 2. The van der Waals surface area contributed by atoms with Crippen LogP contribution in [0.3, 0.4) is 0 Å². The van der Waals surface area contributed by atoms with Gasteiger partial charge in [0.05, 0.1) is 11.6 Å². The van der Waals surface area contributed by atoms with Gasteiger partial charge in [0.25, 0.3) is 0 Å². The van der Waals surface area contributed by atoms with Crippen LogP contribution < -0.4 is 5.43 Å². The molecule has 1 amide bonds. The fraction of sp³-hybridized carbons (Fsp3) is 0.500. The Morgan fingerprint density at radius 1 is 1.50 bits per heavy atom. The van der Waals surface area contributed by atoms with Gasteiger partial charge in [-0.25, -0.2) is 19.6 Å². The summed E-state index contributed by atoms with van der Waals surface area (Å²) in [5.41, 5.74) is 3.00. The molecule has 1 saturated heterocycles. The van der Waals surface area contributed by atoms with Gasteiger partial charge in [-0.1, -0.05) is 23.4 Å². The molecule has 1 aromatic rings. The van der Waals surface area contributed by atoms with E-state index in [1.807, 2.05) is 0 Å². The minimum atomic E-state index is -1.08. The molecule has 1 aromatic carbocycles. The molecule has 0 spiro atoms. The number of piperidine rings is 1. The Morgan fingerprint density at radius 3 is 2.79 bits per heavy atom. The minimum absolute atomic E-state index is 0.124. The van der Waals surface area contributed by atoms with Crippen LogP contribution in [0.4, 0.5) is 9.18 Å². The zero-order chi connectivity index (χ0) is 20.5. The highest BCUT2D eigenvalue weighted by molar-refractivity contribution is 6.30. The molecule has 152 valence electrons. The van der Waals surface area contributed by atoms with Gasteiger partial charge < -0.3 is 14.8 Å². The first-order valence-electron chi connectivity index (χ1n) is 9.25. The third kappa shape index (κ3) is 6.20. The standard InChI is InChI=1S/C20H25ClFN3O3/c1-23-25(20(27)28)19(9-13-26)16-7-11-24(12-8-16)10-3-2-4-15-5-6-17(21)14-18(15)22/h5-6,13-14,16,19,23H,3,7-12H2,1H3,(H,27,28). The number of halogens is 2. The summed E-state index contributed by atoms with van der Waals surface area (Å²) in [5, 5.41) is 10.8. The van der Waals surface area contributed by atoms with E-state index in [1.165, 1.54) is 6.07 Å². The molecule has 1 fully saturated rings. The van der Waals surface area contributed by atoms with Crippen LogP contribution in [0.15, 0.2) is 18.2 Å². The van der Waals surface area contributed by atoms with Crippen LogP contribution in [0, 0.1) is 23.6 Å². The Kier molecular flexibility index (Phi) is 8.71. The molecule has 28 heavy (non-hydrogen) atoms. The summed E-state index contributed by atoms with van der Waals surface area (Å²) in [4.78, 5) is 24.6. The van der Waals surface area contributed by atoms with Crippen molar-refractivity contribution in [1.82, 2.24) is 15.3 Å². The Hall–Kier alpha value is -2.14. The number of nitrogens with zero attached hydrogens (tertiary/aromatic N) is 2. The zero-order valence-corrected chi connectivity index (χ0v) is 16.6. The maximum absolute atomic E-state index is 13.7. The van der Waals surface area contributed by atoms with E-state index >= 15 is 0 Å². The summed E-state index contributed by atoms with van der Waals surface area (Å²) in [6, 6.07) is 4.06. The molecule has 2 N–H and O–H groups in total. The summed E-state index contributed by atoms with van der Waals surface area (Å²) >= 11 is 5.73. The summed E-state index contributed by atoms with van der Waals surface area (Å²) in [6.45, 7) is 2.39. The van der Waals surface area contributed by atoms with Gasteiger partial charge in [-0.3, -0.25) is 0 Å². The van der Waals surface area contributed by atoms with Crippen molar-refractivity contribution >= 4 is 24.0 Å². The third-order valence-corrected chi connectivity index (χ3v) is 5.24. The molecule has 0 saturated carbocycles. The highest BCUT2D eigenvalue weighted by Crippen LogP contribution is 2.25. The Bertz CT molecular complexity index is 742. The molecule has 1 heterocycles. The molecule has 6 nitrogen and oxygen atoms in total. The van der Waals surface area contributed by atoms with Crippen LogP contribution in [0.2, 0.25) is 5.02 Å². The molecule has 1 atom stereocenters. The average molecular weight is 410 g/mol. The maximum atomic E-state index is 13.7. The topological polar surface area (TPSA) is 72.9 Å². The van der Waals surface area contributed by atoms with E-state index in [0.29, 0.717) is 17.0 Å². The summed E-state index contributed by atoms with van der Waals surface area (Å²) in [6.07, 6.45) is 2.10. The van der Waals surface area contributed by atoms with Crippen LogP contribution in [0.1, 0.15) is 31.2 Å². The van der Waals surface area contributed by atoms with E-state index < -0.39 is 11.9 Å². The molecule has 0 radical (unpaired) electrons. The number of hydrazine groups is 1. The van der Waals surface area contributed by atoms with Crippen molar-refractivity contribution in [3.63, 3.8) is 0 Å². The second-order valence-corrected chi connectivity index (χ2v) is 7.14. The van der Waals surface area contributed by atoms with E-state index in [-0.39, 0.29) is 18.4 Å². The van der Waals surface area contributed by atoms with E-state index in [1.54, 1.807) is 19.2 Å². The number of carboxylic acid groups (broad SMARTS) is 1. The fourth-order valence-corrected chi connectivity index (χ4v) is 3.69. The van der Waals surface area contributed by atoms with Crippen molar-refractivity contribution in [1.29, 1.82) is 0 Å². The predicted octanol–water partition coefficient (Wildman–Crippen LogP) is 3.00. The van der Waals surface area contributed by atoms with E-state index in [0.717, 1.165) is 43.8 Å². The van der Waals surface area contributed by atoms with Crippen molar-refractivity contribution in [3.05, 3.63) is 34.6 Å². The van der Waals surface area contributed by atoms with Gasteiger partial charge in [-0.2, -0.15) is 0 Å². The highest BCUT2D eigenvalue weighted by Gasteiger charge is 2.32. The second-order valence-electron chi connectivity index (χ2n) is 6.70. The van der Waals surface area contributed by atoms with Gasteiger partial charge in [-0.15, -0.1) is 0 Å².